The third-order valence-electron chi connectivity index (χ3n) is 3.45. The summed E-state index contributed by atoms with van der Waals surface area (Å²) in [5.74, 6) is 0.919. The molecule has 0 amide bonds. The van der Waals surface area contributed by atoms with Crippen molar-refractivity contribution < 1.29 is 4.74 Å². The lowest BCUT2D eigenvalue weighted by molar-refractivity contribution is 0.415. The van der Waals surface area contributed by atoms with Gasteiger partial charge in [0.25, 0.3) is 0 Å². The number of ether oxygens (including phenoxy) is 1. The first-order valence-electron chi connectivity index (χ1n) is 6.33. The minimum absolute atomic E-state index is 0.919. The van der Waals surface area contributed by atoms with E-state index in [9.17, 15) is 0 Å². The van der Waals surface area contributed by atoms with Crippen LogP contribution in [0.2, 0.25) is 0 Å². The Bertz CT molecular complexity index is 720. The molecule has 3 aromatic rings. The van der Waals surface area contributed by atoms with Gasteiger partial charge in [0.15, 0.2) is 0 Å². The van der Waals surface area contributed by atoms with Crippen LogP contribution in [0, 0.1) is 13.8 Å². The molecular weight excluding hydrogens is 252 g/mol. The number of hydrogen-bond acceptors (Lipinski definition) is 2. The van der Waals surface area contributed by atoms with Crippen molar-refractivity contribution in [1.29, 1.82) is 0 Å². The fraction of sp³-hybridized carbons (Fsp3) is 0.176. The molecule has 0 saturated carbocycles. The second-order valence-corrected chi connectivity index (χ2v) is 5.86. The Balaban J connectivity index is 2.21. The molecule has 0 aliphatic heterocycles. The van der Waals surface area contributed by atoms with Gasteiger partial charge in [-0.2, -0.15) is 0 Å². The van der Waals surface area contributed by atoms with Crippen molar-refractivity contribution in [3.05, 3.63) is 53.6 Å². The van der Waals surface area contributed by atoms with Gasteiger partial charge in [-0.25, -0.2) is 0 Å². The summed E-state index contributed by atoms with van der Waals surface area (Å²) in [7, 11) is 1.71. The van der Waals surface area contributed by atoms with E-state index in [1.165, 1.54) is 31.7 Å². The second-order valence-electron chi connectivity index (χ2n) is 4.78. The Morgan fingerprint density at radius 3 is 2.37 bits per heavy atom. The van der Waals surface area contributed by atoms with Gasteiger partial charge in [-0.3, -0.25) is 0 Å². The molecule has 0 aliphatic carbocycles. The number of hydrogen-bond donors (Lipinski definition) is 0. The monoisotopic (exact) mass is 268 g/mol. The lowest BCUT2D eigenvalue weighted by Crippen LogP contribution is -1.84. The number of benzene rings is 2. The van der Waals surface area contributed by atoms with Gasteiger partial charge in [0.2, 0.25) is 0 Å². The normalized spacial score (nSPS) is 10.9. The Morgan fingerprint density at radius 2 is 1.68 bits per heavy atom. The molecule has 0 radical (unpaired) electrons. The van der Waals surface area contributed by atoms with Crippen LogP contribution in [-0.4, -0.2) is 7.11 Å². The van der Waals surface area contributed by atoms with E-state index in [-0.39, 0.29) is 0 Å². The molecule has 1 aromatic heterocycles. The van der Waals surface area contributed by atoms with E-state index in [0.717, 1.165) is 5.75 Å². The first kappa shape index (κ1) is 12.2. The average molecular weight is 268 g/mol. The van der Waals surface area contributed by atoms with Gasteiger partial charge < -0.3 is 4.74 Å². The molecule has 0 spiro atoms. The maximum absolute atomic E-state index is 5.29. The molecule has 96 valence electrons. The van der Waals surface area contributed by atoms with Crippen molar-refractivity contribution >= 4 is 21.4 Å². The summed E-state index contributed by atoms with van der Waals surface area (Å²) in [6.07, 6.45) is 0. The number of methoxy groups -OCH3 is 1. The molecule has 0 fully saturated rings. The highest BCUT2D eigenvalue weighted by atomic mass is 32.1. The van der Waals surface area contributed by atoms with E-state index in [2.05, 4.69) is 50.2 Å². The number of fused-ring (bicyclic) bond motifs is 1. The largest absolute Gasteiger partial charge is 0.497 e. The lowest BCUT2D eigenvalue weighted by Gasteiger charge is -2.06. The van der Waals surface area contributed by atoms with Crippen LogP contribution in [0.3, 0.4) is 0 Å². The molecule has 2 heteroatoms. The van der Waals surface area contributed by atoms with Crippen molar-refractivity contribution in [2.45, 2.75) is 13.8 Å². The van der Waals surface area contributed by atoms with E-state index in [1.54, 1.807) is 7.11 Å². The molecule has 3 rings (SSSR count). The number of thiophene rings is 1. The molecule has 0 aliphatic rings. The molecule has 1 nitrogen and oxygen atoms in total. The van der Waals surface area contributed by atoms with E-state index in [0.29, 0.717) is 0 Å². The zero-order chi connectivity index (χ0) is 13.4. The Kier molecular flexibility index (Phi) is 3.03. The van der Waals surface area contributed by atoms with Crippen LogP contribution in [0.5, 0.6) is 5.75 Å². The molecule has 0 atom stereocenters. The van der Waals surface area contributed by atoms with Gasteiger partial charge in [-0.1, -0.05) is 18.2 Å². The molecular formula is C17H16OS. The Labute approximate surface area is 117 Å². The van der Waals surface area contributed by atoms with Crippen LogP contribution in [0.1, 0.15) is 11.1 Å². The summed E-state index contributed by atoms with van der Waals surface area (Å²) in [4.78, 5) is 1.33. The van der Waals surface area contributed by atoms with Crippen molar-refractivity contribution in [3.63, 3.8) is 0 Å². The van der Waals surface area contributed by atoms with Crippen molar-refractivity contribution in [3.8, 4) is 16.2 Å². The van der Waals surface area contributed by atoms with Crippen LogP contribution in [0.15, 0.2) is 42.5 Å². The third-order valence-corrected chi connectivity index (χ3v) is 4.57. The third kappa shape index (κ3) is 2.13. The molecule has 2 aromatic carbocycles. The molecule has 0 unspecified atom stereocenters. The summed E-state index contributed by atoms with van der Waals surface area (Å²) in [6, 6.07) is 15.0. The van der Waals surface area contributed by atoms with Crippen LogP contribution in [0.4, 0.5) is 0 Å². The minimum Gasteiger partial charge on any atom is -0.497 e. The standard InChI is InChI=1S/C17H16OS/c1-11-5-4-6-12(2)17(11)16-9-13-7-8-14(18-3)10-15(13)19-16/h4-10H,1-3H3. The molecule has 19 heavy (non-hydrogen) atoms. The van der Waals surface area contributed by atoms with E-state index in [4.69, 9.17) is 4.74 Å². The first-order valence-corrected chi connectivity index (χ1v) is 7.15. The molecule has 0 bridgehead atoms. The quantitative estimate of drug-likeness (QED) is 0.621. The topological polar surface area (TPSA) is 9.23 Å². The van der Waals surface area contributed by atoms with Crippen LogP contribution < -0.4 is 4.74 Å². The molecule has 0 saturated heterocycles. The van der Waals surface area contributed by atoms with Crippen molar-refractivity contribution in [2.75, 3.05) is 7.11 Å². The summed E-state index contributed by atoms with van der Waals surface area (Å²) < 4.78 is 6.57. The highest BCUT2D eigenvalue weighted by Crippen LogP contribution is 2.38. The minimum atomic E-state index is 0.919. The highest BCUT2D eigenvalue weighted by Gasteiger charge is 2.09. The Morgan fingerprint density at radius 1 is 0.947 bits per heavy atom. The first-order chi connectivity index (χ1) is 9.19. The number of aryl methyl sites for hydroxylation is 2. The van der Waals surface area contributed by atoms with Gasteiger partial charge in [-0.05, 0) is 60.2 Å². The summed E-state index contributed by atoms with van der Waals surface area (Å²) in [5, 5.41) is 1.28. The maximum atomic E-state index is 5.29. The van der Waals surface area contributed by atoms with E-state index < -0.39 is 0 Å². The molecule has 0 N–H and O–H groups in total. The van der Waals surface area contributed by atoms with Crippen molar-refractivity contribution in [2.24, 2.45) is 0 Å². The predicted octanol–water partition coefficient (Wildman–Crippen LogP) is 5.19. The fourth-order valence-electron chi connectivity index (χ4n) is 2.46. The van der Waals surface area contributed by atoms with Gasteiger partial charge in [0, 0.05) is 9.58 Å². The van der Waals surface area contributed by atoms with Gasteiger partial charge in [0.05, 0.1) is 7.11 Å². The SMILES string of the molecule is COc1ccc2cc(-c3c(C)cccc3C)sc2c1. The zero-order valence-corrected chi connectivity index (χ0v) is 12.2. The summed E-state index contributed by atoms with van der Waals surface area (Å²) in [5.41, 5.74) is 4.03. The highest BCUT2D eigenvalue weighted by molar-refractivity contribution is 7.22. The van der Waals surface area contributed by atoms with Gasteiger partial charge >= 0.3 is 0 Å². The molecule has 1 heterocycles. The average Bonchev–Trinajstić information content (AvgIpc) is 2.80. The predicted molar refractivity (Wildman–Crippen MR) is 83.3 cm³/mol. The smallest absolute Gasteiger partial charge is 0.120 e. The second kappa shape index (κ2) is 4.71. The summed E-state index contributed by atoms with van der Waals surface area (Å²) >= 11 is 1.83. The van der Waals surface area contributed by atoms with Crippen LogP contribution in [0.25, 0.3) is 20.5 Å². The van der Waals surface area contributed by atoms with E-state index >= 15 is 0 Å². The maximum Gasteiger partial charge on any atom is 0.120 e. The van der Waals surface area contributed by atoms with Gasteiger partial charge in [0.1, 0.15) is 5.75 Å². The number of rotatable bonds is 2. The van der Waals surface area contributed by atoms with Crippen molar-refractivity contribution in [1.82, 2.24) is 0 Å². The summed E-state index contributed by atoms with van der Waals surface area (Å²) in [6.45, 7) is 4.35. The lowest BCUT2D eigenvalue weighted by atomic mass is 10.0. The fourth-order valence-corrected chi connectivity index (χ4v) is 3.73. The zero-order valence-electron chi connectivity index (χ0n) is 11.4. The van der Waals surface area contributed by atoms with Crippen LogP contribution in [-0.2, 0) is 0 Å². The Hall–Kier alpha value is -1.80. The van der Waals surface area contributed by atoms with E-state index in [1.807, 2.05) is 17.4 Å². The van der Waals surface area contributed by atoms with Crippen LogP contribution >= 0.6 is 11.3 Å². The van der Waals surface area contributed by atoms with Gasteiger partial charge in [-0.15, -0.1) is 11.3 Å².